The minimum Gasteiger partial charge on any atom is -0.334 e. The lowest BCUT2D eigenvalue weighted by Crippen LogP contribution is -2.32. The Morgan fingerprint density at radius 2 is 1.20 bits per heavy atom. The molecule has 0 saturated carbocycles. The van der Waals surface area contributed by atoms with Gasteiger partial charge in [0, 0.05) is 47.7 Å². The van der Waals surface area contributed by atoms with E-state index in [9.17, 15) is 0 Å². The van der Waals surface area contributed by atoms with Crippen LogP contribution in [0.1, 0.15) is 22.4 Å². The molecule has 5 aromatic carbocycles. The van der Waals surface area contributed by atoms with Crippen LogP contribution in [-0.2, 0) is 12.5 Å². The molecule has 210 valence electrons. The summed E-state index contributed by atoms with van der Waals surface area (Å²) in [4.78, 5) is 9.65. The van der Waals surface area contributed by atoms with E-state index in [0.717, 1.165) is 33.8 Å². The van der Waals surface area contributed by atoms with Crippen molar-refractivity contribution in [2.45, 2.75) is 5.41 Å². The summed E-state index contributed by atoms with van der Waals surface area (Å²) >= 11 is 0. The van der Waals surface area contributed by atoms with Crippen molar-refractivity contribution in [3.8, 4) is 17.1 Å². The highest BCUT2D eigenvalue weighted by Gasteiger charge is 2.39. The molecule has 0 bridgehead atoms. The van der Waals surface area contributed by atoms with Crippen molar-refractivity contribution in [3.63, 3.8) is 0 Å². The second-order valence-corrected chi connectivity index (χ2v) is 11.2. The van der Waals surface area contributed by atoms with Crippen molar-refractivity contribution in [1.29, 1.82) is 0 Å². The van der Waals surface area contributed by atoms with Gasteiger partial charge in [0.25, 0.3) is 0 Å². The number of pyridine rings is 1. The summed E-state index contributed by atoms with van der Waals surface area (Å²) in [5.41, 5.74) is 8.33. The first-order chi connectivity index (χ1) is 21.7. The van der Waals surface area contributed by atoms with Crippen molar-refractivity contribution in [1.82, 2.24) is 19.1 Å². The second kappa shape index (κ2) is 10.5. The highest BCUT2D eigenvalue weighted by molar-refractivity contribution is 6.10. The summed E-state index contributed by atoms with van der Waals surface area (Å²) < 4.78 is 4.45. The molecule has 0 aliphatic carbocycles. The van der Waals surface area contributed by atoms with E-state index in [0.29, 0.717) is 0 Å². The minimum atomic E-state index is -0.628. The number of imidazole rings is 1. The summed E-state index contributed by atoms with van der Waals surface area (Å²) in [7, 11) is 2.04. The van der Waals surface area contributed by atoms with E-state index < -0.39 is 5.41 Å². The Bertz CT molecular complexity index is 2130. The van der Waals surface area contributed by atoms with Crippen LogP contribution in [-0.4, -0.2) is 19.1 Å². The van der Waals surface area contributed by atoms with Gasteiger partial charge in [0.05, 0.1) is 22.1 Å². The van der Waals surface area contributed by atoms with E-state index in [1.165, 1.54) is 27.4 Å². The van der Waals surface area contributed by atoms with Gasteiger partial charge in [-0.25, -0.2) is 4.98 Å². The Kier molecular flexibility index (Phi) is 6.20. The van der Waals surface area contributed by atoms with Gasteiger partial charge in [0.1, 0.15) is 5.82 Å². The Labute approximate surface area is 256 Å². The van der Waals surface area contributed by atoms with Crippen LogP contribution in [0.15, 0.2) is 164 Å². The maximum atomic E-state index is 5.00. The number of aryl methyl sites for hydroxylation is 1. The fraction of sp³-hybridized carbons (Fsp3) is 0.0500. The molecule has 0 radical (unpaired) electrons. The molecule has 3 heterocycles. The molecule has 0 unspecified atom stereocenters. The highest BCUT2D eigenvalue weighted by atomic mass is 15.0. The molecule has 8 aromatic rings. The second-order valence-electron chi connectivity index (χ2n) is 11.2. The molecule has 4 nitrogen and oxygen atoms in total. The number of aromatic nitrogens is 4. The van der Waals surface area contributed by atoms with Gasteiger partial charge >= 0.3 is 0 Å². The average Bonchev–Trinajstić information content (AvgIpc) is 3.67. The number of nitrogens with zero attached hydrogens (tertiary/aromatic N) is 4. The molecular weight excluding hydrogens is 536 g/mol. The minimum absolute atomic E-state index is 0.628. The molecule has 0 saturated heterocycles. The van der Waals surface area contributed by atoms with Gasteiger partial charge < -0.3 is 9.13 Å². The number of hydrogen-bond acceptors (Lipinski definition) is 2. The average molecular weight is 567 g/mol. The van der Waals surface area contributed by atoms with Crippen molar-refractivity contribution >= 4 is 21.8 Å². The lowest BCUT2D eigenvalue weighted by Gasteiger charge is -2.36. The summed E-state index contributed by atoms with van der Waals surface area (Å²) in [5.74, 6) is 0.944. The van der Waals surface area contributed by atoms with E-state index in [4.69, 9.17) is 4.98 Å². The van der Waals surface area contributed by atoms with Crippen LogP contribution in [0.5, 0.6) is 0 Å². The molecular formula is C40H30N4. The molecule has 4 heteroatoms. The lowest BCUT2D eigenvalue weighted by atomic mass is 9.67. The fourth-order valence-electron chi connectivity index (χ4n) is 6.81. The zero-order valence-corrected chi connectivity index (χ0v) is 24.4. The van der Waals surface area contributed by atoms with E-state index in [2.05, 4.69) is 154 Å². The molecule has 8 rings (SSSR count). The number of benzene rings is 5. The van der Waals surface area contributed by atoms with Crippen LogP contribution in [0.4, 0.5) is 0 Å². The monoisotopic (exact) mass is 566 g/mol. The molecule has 44 heavy (non-hydrogen) atoms. The quantitative estimate of drug-likeness (QED) is 0.188. The maximum Gasteiger partial charge on any atom is 0.139 e. The van der Waals surface area contributed by atoms with Crippen molar-refractivity contribution in [3.05, 3.63) is 187 Å². The van der Waals surface area contributed by atoms with Crippen LogP contribution < -0.4 is 0 Å². The summed E-state index contributed by atoms with van der Waals surface area (Å²) in [6, 6.07) is 52.0. The van der Waals surface area contributed by atoms with Crippen LogP contribution >= 0.6 is 0 Å². The molecule has 3 aromatic heterocycles. The topological polar surface area (TPSA) is 35.6 Å². The smallest absolute Gasteiger partial charge is 0.139 e. The predicted octanol–water partition coefficient (Wildman–Crippen LogP) is 8.96. The summed E-state index contributed by atoms with van der Waals surface area (Å²) in [6.07, 6.45) is 5.73. The third-order valence-corrected chi connectivity index (χ3v) is 8.75. The third kappa shape index (κ3) is 3.99. The van der Waals surface area contributed by atoms with Crippen molar-refractivity contribution in [2.24, 2.45) is 7.05 Å². The third-order valence-electron chi connectivity index (χ3n) is 8.75. The first kappa shape index (κ1) is 25.9. The summed E-state index contributed by atoms with van der Waals surface area (Å²) in [5, 5.41) is 2.44. The zero-order valence-electron chi connectivity index (χ0n) is 24.4. The van der Waals surface area contributed by atoms with Crippen LogP contribution in [0.2, 0.25) is 0 Å². The number of para-hydroxylation sites is 1. The first-order valence-corrected chi connectivity index (χ1v) is 14.9. The standard InChI is InChI=1S/C40H30N4/c1-43-26-25-42-39(43)29-22-23-35-34-19-8-9-20-36(34)44(37(35)27-29)33-18-12-17-32(28-33)40(30-13-4-2-5-14-30,31-15-6-3-7-16-31)38-21-10-11-24-41-38/h2-28H,1H3. The number of fused-ring (bicyclic) bond motifs is 3. The maximum absolute atomic E-state index is 5.00. The van der Waals surface area contributed by atoms with Gasteiger partial charge in [-0.05, 0) is 53.1 Å². The predicted molar refractivity (Wildman–Crippen MR) is 179 cm³/mol. The SMILES string of the molecule is Cn1ccnc1-c1ccc2c3ccccc3n(-c3cccc(C(c4ccccc4)(c4ccccc4)c4ccccn4)c3)c2c1. The van der Waals surface area contributed by atoms with Crippen molar-refractivity contribution < 1.29 is 0 Å². The largest absolute Gasteiger partial charge is 0.334 e. The first-order valence-electron chi connectivity index (χ1n) is 14.9. The lowest BCUT2D eigenvalue weighted by molar-refractivity contribution is 0.713. The van der Waals surface area contributed by atoms with Gasteiger partial charge in [-0.3, -0.25) is 4.98 Å². The Morgan fingerprint density at radius 1 is 0.523 bits per heavy atom. The normalized spacial score (nSPS) is 11.8. The van der Waals surface area contributed by atoms with Gasteiger partial charge in [-0.15, -0.1) is 0 Å². The van der Waals surface area contributed by atoms with Crippen LogP contribution in [0.3, 0.4) is 0 Å². The Balaban J connectivity index is 1.44. The van der Waals surface area contributed by atoms with E-state index >= 15 is 0 Å². The zero-order chi connectivity index (χ0) is 29.5. The molecule has 0 amide bonds. The van der Waals surface area contributed by atoms with Crippen LogP contribution in [0, 0.1) is 0 Å². The van der Waals surface area contributed by atoms with Gasteiger partial charge in [0.2, 0.25) is 0 Å². The Hall–Kier alpha value is -5.74. The molecule has 0 spiro atoms. The Morgan fingerprint density at radius 3 is 1.91 bits per heavy atom. The highest BCUT2D eigenvalue weighted by Crippen LogP contribution is 2.45. The van der Waals surface area contributed by atoms with Gasteiger partial charge in [0.15, 0.2) is 0 Å². The van der Waals surface area contributed by atoms with E-state index in [1.54, 1.807) is 0 Å². The molecule has 0 atom stereocenters. The van der Waals surface area contributed by atoms with Crippen LogP contribution in [0.25, 0.3) is 38.9 Å². The molecule has 0 aliphatic rings. The number of hydrogen-bond donors (Lipinski definition) is 0. The number of rotatable bonds is 6. The van der Waals surface area contributed by atoms with Gasteiger partial charge in [-0.1, -0.05) is 109 Å². The fourth-order valence-corrected chi connectivity index (χ4v) is 6.81. The van der Waals surface area contributed by atoms with Crippen molar-refractivity contribution in [2.75, 3.05) is 0 Å². The molecule has 0 fully saturated rings. The van der Waals surface area contributed by atoms with Gasteiger partial charge in [-0.2, -0.15) is 0 Å². The summed E-state index contributed by atoms with van der Waals surface area (Å²) in [6.45, 7) is 0. The van der Waals surface area contributed by atoms with E-state index in [1.807, 2.05) is 31.7 Å². The van der Waals surface area contributed by atoms with E-state index in [-0.39, 0.29) is 0 Å². The molecule has 0 aliphatic heterocycles. The molecule has 0 N–H and O–H groups in total.